The van der Waals surface area contributed by atoms with E-state index in [0.717, 1.165) is 0 Å². The highest BCUT2D eigenvalue weighted by Gasteiger charge is 2.29. The lowest BCUT2D eigenvalue weighted by atomic mass is 10.1. The van der Waals surface area contributed by atoms with Crippen molar-refractivity contribution in [3.63, 3.8) is 0 Å². The number of carbonyl (C=O) groups excluding carboxylic acids is 1. The Kier molecular flexibility index (Phi) is 4.34. The van der Waals surface area contributed by atoms with Crippen LogP contribution in [0.2, 0.25) is 0 Å². The van der Waals surface area contributed by atoms with Crippen LogP contribution in [0.4, 0.5) is 0 Å². The van der Waals surface area contributed by atoms with Crippen molar-refractivity contribution >= 4 is 21.8 Å². The molecule has 1 aliphatic carbocycles. The van der Waals surface area contributed by atoms with Crippen LogP contribution >= 0.6 is 15.9 Å². The molecule has 0 spiro atoms. The van der Waals surface area contributed by atoms with Crippen molar-refractivity contribution in [2.75, 3.05) is 14.2 Å². The Balaban J connectivity index is 2.20. The van der Waals surface area contributed by atoms with Gasteiger partial charge in [0.25, 0.3) is 5.91 Å². The van der Waals surface area contributed by atoms with E-state index in [2.05, 4.69) is 21.2 Å². The number of hydrogen-bond acceptors (Lipinski definition) is 3. The molecule has 0 saturated heterocycles. The summed E-state index contributed by atoms with van der Waals surface area (Å²) in [6.07, 6.45) is 2.41. The Morgan fingerprint density at radius 1 is 1.32 bits per heavy atom. The molecule has 0 aliphatic heterocycles. The molecule has 5 heteroatoms. The van der Waals surface area contributed by atoms with Gasteiger partial charge in [-0.15, -0.1) is 0 Å². The maximum Gasteiger partial charge on any atom is 0.251 e. The van der Waals surface area contributed by atoms with Crippen molar-refractivity contribution in [1.29, 1.82) is 0 Å². The van der Waals surface area contributed by atoms with Crippen LogP contribution < -0.4 is 14.8 Å². The van der Waals surface area contributed by atoms with Gasteiger partial charge in [-0.25, -0.2) is 0 Å². The molecule has 0 radical (unpaired) electrons. The average molecular weight is 328 g/mol. The summed E-state index contributed by atoms with van der Waals surface area (Å²) in [5.74, 6) is 1.71. The Morgan fingerprint density at radius 3 is 2.26 bits per heavy atom. The molecular weight excluding hydrogens is 310 g/mol. The second kappa shape index (κ2) is 5.82. The number of ether oxygens (including phenoxy) is 2. The molecule has 1 aromatic carbocycles. The highest BCUT2D eigenvalue weighted by molar-refractivity contribution is 9.10. The zero-order valence-electron chi connectivity index (χ0n) is 11.3. The minimum atomic E-state index is -0.0940. The van der Waals surface area contributed by atoms with Crippen LogP contribution in [-0.4, -0.2) is 26.2 Å². The monoisotopic (exact) mass is 327 g/mol. The molecule has 1 aromatic rings. The van der Waals surface area contributed by atoms with Gasteiger partial charge in [-0.3, -0.25) is 4.79 Å². The third kappa shape index (κ3) is 3.21. The van der Waals surface area contributed by atoms with Crippen LogP contribution in [0, 0.1) is 5.92 Å². The van der Waals surface area contributed by atoms with Gasteiger partial charge >= 0.3 is 0 Å². The van der Waals surface area contributed by atoms with Gasteiger partial charge in [-0.1, -0.05) is 0 Å². The zero-order valence-corrected chi connectivity index (χ0v) is 12.9. The summed E-state index contributed by atoms with van der Waals surface area (Å²) in [6, 6.07) is 3.64. The van der Waals surface area contributed by atoms with Gasteiger partial charge in [0, 0.05) is 11.6 Å². The van der Waals surface area contributed by atoms with Crippen LogP contribution in [-0.2, 0) is 0 Å². The predicted molar refractivity (Wildman–Crippen MR) is 76.9 cm³/mol. The molecule has 1 saturated carbocycles. The molecule has 1 unspecified atom stereocenters. The van der Waals surface area contributed by atoms with E-state index in [1.165, 1.54) is 12.8 Å². The largest absolute Gasteiger partial charge is 0.495 e. The molecule has 1 aliphatic rings. The smallest absolute Gasteiger partial charge is 0.251 e. The molecule has 0 aromatic heterocycles. The molecule has 1 fully saturated rings. The SMILES string of the molecule is COc1cc(C(=O)NC(C)C2CC2)cc(OC)c1Br. The minimum Gasteiger partial charge on any atom is -0.495 e. The van der Waals surface area contributed by atoms with Gasteiger partial charge < -0.3 is 14.8 Å². The summed E-state index contributed by atoms with van der Waals surface area (Å²) in [7, 11) is 3.13. The van der Waals surface area contributed by atoms with E-state index in [0.29, 0.717) is 27.5 Å². The van der Waals surface area contributed by atoms with Crippen LogP contribution in [0.1, 0.15) is 30.1 Å². The number of nitrogens with one attached hydrogen (secondary N) is 1. The Labute approximate surface area is 121 Å². The molecule has 2 rings (SSSR count). The summed E-state index contributed by atoms with van der Waals surface area (Å²) in [4.78, 5) is 12.2. The molecule has 0 heterocycles. The highest BCUT2D eigenvalue weighted by Crippen LogP contribution is 2.36. The molecule has 1 N–H and O–H groups in total. The fraction of sp³-hybridized carbons (Fsp3) is 0.500. The van der Waals surface area contributed by atoms with Crippen LogP contribution in [0.5, 0.6) is 11.5 Å². The first-order valence-electron chi connectivity index (χ1n) is 6.29. The zero-order chi connectivity index (χ0) is 14.0. The van der Waals surface area contributed by atoms with E-state index in [-0.39, 0.29) is 11.9 Å². The second-order valence-corrected chi connectivity index (χ2v) is 5.59. The van der Waals surface area contributed by atoms with Gasteiger partial charge in [-0.05, 0) is 53.7 Å². The lowest BCUT2D eigenvalue weighted by Gasteiger charge is -2.15. The van der Waals surface area contributed by atoms with Crippen molar-refractivity contribution in [1.82, 2.24) is 5.32 Å². The predicted octanol–water partition coefficient (Wildman–Crippen LogP) is 2.99. The van der Waals surface area contributed by atoms with Gasteiger partial charge in [0.1, 0.15) is 16.0 Å². The summed E-state index contributed by atoms with van der Waals surface area (Å²) >= 11 is 3.39. The number of methoxy groups -OCH3 is 2. The number of rotatable bonds is 5. The first-order valence-corrected chi connectivity index (χ1v) is 7.08. The van der Waals surface area contributed by atoms with Crippen molar-refractivity contribution in [3.05, 3.63) is 22.2 Å². The van der Waals surface area contributed by atoms with Crippen molar-refractivity contribution in [2.45, 2.75) is 25.8 Å². The fourth-order valence-corrected chi connectivity index (χ4v) is 2.56. The van der Waals surface area contributed by atoms with Gasteiger partial charge in [0.05, 0.1) is 14.2 Å². The van der Waals surface area contributed by atoms with Gasteiger partial charge in [-0.2, -0.15) is 0 Å². The topological polar surface area (TPSA) is 47.6 Å². The number of benzene rings is 1. The average Bonchev–Trinajstić information content (AvgIpc) is 3.23. The van der Waals surface area contributed by atoms with E-state index in [4.69, 9.17) is 9.47 Å². The van der Waals surface area contributed by atoms with E-state index in [1.54, 1.807) is 26.4 Å². The molecule has 19 heavy (non-hydrogen) atoms. The minimum absolute atomic E-state index is 0.0940. The Morgan fingerprint density at radius 2 is 1.84 bits per heavy atom. The third-order valence-corrected chi connectivity index (χ3v) is 4.18. The summed E-state index contributed by atoms with van der Waals surface area (Å²) in [6.45, 7) is 2.04. The van der Waals surface area contributed by atoms with Crippen molar-refractivity contribution < 1.29 is 14.3 Å². The first kappa shape index (κ1) is 14.2. The van der Waals surface area contributed by atoms with Crippen LogP contribution in [0.25, 0.3) is 0 Å². The lowest BCUT2D eigenvalue weighted by Crippen LogP contribution is -2.34. The summed E-state index contributed by atoms with van der Waals surface area (Å²) in [5.41, 5.74) is 0.546. The molecule has 104 valence electrons. The summed E-state index contributed by atoms with van der Waals surface area (Å²) in [5, 5.41) is 3.01. The van der Waals surface area contributed by atoms with E-state index < -0.39 is 0 Å². The number of amides is 1. The quantitative estimate of drug-likeness (QED) is 0.904. The summed E-state index contributed by atoms with van der Waals surface area (Å²) < 4.78 is 11.2. The maximum absolute atomic E-state index is 12.2. The maximum atomic E-state index is 12.2. The second-order valence-electron chi connectivity index (χ2n) is 4.79. The third-order valence-electron chi connectivity index (χ3n) is 3.40. The van der Waals surface area contributed by atoms with Gasteiger partial charge in [0.2, 0.25) is 0 Å². The van der Waals surface area contributed by atoms with Crippen molar-refractivity contribution in [3.8, 4) is 11.5 Å². The van der Waals surface area contributed by atoms with E-state index >= 15 is 0 Å². The normalized spacial score (nSPS) is 15.8. The first-order chi connectivity index (χ1) is 9.06. The van der Waals surface area contributed by atoms with E-state index in [1.807, 2.05) is 6.92 Å². The number of hydrogen-bond donors (Lipinski definition) is 1. The Bertz CT molecular complexity index is 461. The number of carbonyl (C=O) groups is 1. The molecule has 1 atom stereocenters. The molecule has 0 bridgehead atoms. The fourth-order valence-electron chi connectivity index (χ4n) is 2.00. The number of halogens is 1. The van der Waals surface area contributed by atoms with E-state index in [9.17, 15) is 4.79 Å². The standard InChI is InChI=1S/C14H18BrNO3/c1-8(9-4-5-9)16-14(17)10-6-11(18-2)13(15)12(7-10)19-3/h6-9H,4-5H2,1-3H3,(H,16,17). The van der Waals surface area contributed by atoms with Crippen molar-refractivity contribution in [2.24, 2.45) is 5.92 Å². The van der Waals surface area contributed by atoms with Crippen LogP contribution in [0.15, 0.2) is 16.6 Å². The highest BCUT2D eigenvalue weighted by atomic mass is 79.9. The van der Waals surface area contributed by atoms with Crippen LogP contribution in [0.3, 0.4) is 0 Å². The Hall–Kier alpha value is -1.23. The lowest BCUT2D eigenvalue weighted by molar-refractivity contribution is 0.0935. The molecule has 1 amide bonds. The van der Waals surface area contributed by atoms with Gasteiger partial charge in [0.15, 0.2) is 0 Å². The molecular formula is C14H18BrNO3. The molecule has 4 nitrogen and oxygen atoms in total.